The maximum atomic E-state index is 12.5. The van der Waals surface area contributed by atoms with E-state index >= 15 is 0 Å². The van der Waals surface area contributed by atoms with Crippen LogP contribution in [0.3, 0.4) is 0 Å². The van der Waals surface area contributed by atoms with Gasteiger partial charge in [-0.05, 0) is 13.8 Å². The second-order valence-corrected chi connectivity index (χ2v) is 5.17. The minimum absolute atomic E-state index is 0.0263. The van der Waals surface area contributed by atoms with Gasteiger partial charge in [0.25, 0.3) is 0 Å². The molecule has 0 amide bonds. The lowest BCUT2D eigenvalue weighted by Crippen LogP contribution is -2.06. The van der Waals surface area contributed by atoms with Gasteiger partial charge in [-0.3, -0.25) is 9.20 Å². The summed E-state index contributed by atoms with van der Waals surface area (Å²) in [6.07, 6.45) is 1.89. The minimum atomic E-state index is 0.0263. The lowest BCUT2D eigenvalue weighted by molar-refractivity contribution is 0.103. The van der Waals surface area contributed by atoms with E-state index in [1.165, 1.54) is 11.3 Å². The zero-order chi connectivity index (χ0) is 12.7. The minimum Gasteiger partial charge on any atom is -0.287 e. The molecule has 0 atom stereocenters. The van der Waals surface area contributed by atoms with Crippen LogP contribution >= 0.6 is 11.3 Å². The molecule has 3 rings (SSSR count). The molecular formula is C14H12N2OS. The second kappa shape index (κ2) is 4.07. The average molecular weight is 256 g/mol. The van der Waals surface area contributed by atoms with Gasteiger partial charge in [-0.1, -0.05) is 29.8 Å². The Kier molecular flexibility index (Phi) is 2.52. The first-order valence-corrected chi connectivity index (χ1v) is 6.58. The van der Waals surface area contributed by atoms with Crippen LogP contribution in [0.1, 0.15) is 27.3 Å². The number of thiazole rings is 1. The van der Waals surface area contributed by atoms with E-state index in [1.54, 1.807) is 0 Å². The topological polar surface area (TPSA) is 34.4 Å². The summed E-state index contributed by atoms with van der Waals surface area (Å²) in [5, 5.41) is 1.94. The van der Waals surface area contributed by atoms with Gasteiger partial charge >= 0.3 is 0 Å². The maximum Gasteiger partial charge on any atom is 0.211 e. The summed E-state index contributed by atoms with van der Waals surface area (Å²) >= 11 is 1.54. The Morgan fingerprint density at radius 2 is 1.94 bits per heavy atom. The monoisotopic (exact) mass is 256 g/mol. The summed E-state index contributed by atoms with van der Waals surface area (Å²) < 4.78 is 1.86. The van der Waals surface area contributed by atoms with Gasteiger partial charge in [0.1, 0.15) is 5.69 Å². The molecule has 3 aromatic rings. The summed E-state index contributed by atoms with van der Waals surface area (Å²) in [6.45, 7) is 3.89. The highest BCUT2D eigenvalue weighted by Gasteiger charge is 2.18. The standard InChI is InChI=1S/C14H12N2OS/c1-9-3-5-11(6-4-9)13(17)12-10(2)15-14-16(12)7-8-18-14/h3-8H,1-2H3. The number of benzene rings is 1. The third-order valence-corrected chi connectivity index (χ3v) is 3.72. The summed E-state index contributed by atoms with van der Waals surface area (Å²) in [7, 11) is 0. The molecule has 0 radical (unpaired) electrons. The predicted octanol–water partition coefficient (Wildman–Crippen LogP) is 3.24. The molecule has 0 unspecified atom stereocenters. The van der Waals surface area contributed by atoms with Crippen molar-refractivity contribution in [3.05, 3.63) is 58.4 Å². The van der Waals surface area contributed by atoms with E-state index in [4.69, 9.17) is 0 Å². The molecule has 0 aliphatic rings. The summed E-state index contributed by atoms with van der Waals surface area (Å²) in [5.41, 5.74) is 3.30. The first kappa shape index (κ1) is 11.2. The molecule has 0 aliphatic heterocycles. The number of hydrogen-bond acceptors (Lipinski definition) is 3. The highest BCUT2D eigenvalue weighted by atomic mass is 32.1. The highest BCUT2D eigenvalue weighted by molar-refractivity contribution is 7.15. The van der Waals surface area contributed by atoms with Crippen molar-refractivity contribution in [3.63, 3.8) is 0 Å². The van der Waals surface area contributed by atoms with Crippen LogP contribution in [0.15, 0.2) is 35.8 Å². The average Bonchev–Trinajstić information content (AvgIpc) is 2.89. The van der Waals surface area contributed by atoms with Crippen molar-refractivity contribution in [1.29, 1.82) is 0 Å². The number of aryl methyl sites for hydroxylation is 2. The molecule has 2 heterocycles. The summed E-state index contributed by atoms with van der Waals surface area (Å²) in [5.74, 6) is 0.0263. The van der Waals surface area contributed by atoms with Crippen molar-refractivity contribution >= 4 is 22.1 Å². The fraction of sp³-hybridized carbons (Fsp3) is 0.143. The molecule has 0 aliphatic carbocycles. The van der Waals surface area contributed by atoms with E-state index in [2.05, 4.69) is 4.98 Å². The normalized spacial score (nSPS) is 11.0. The molecule has 1 aromatic carbocycles. The van der Waals surface area contributed by atoms with E-state index in [1.807, 2.05) is 54.1 Å². The molecule has 18 heavy (non-hydrogen) atoms. The Hall–Kier alpha value is -1.94. The van der Waals surface area contributed by atoms with Crippen LogP contribution in [0.4, 0.5) is 0 Å². The molecule has 0 spiro atoms. The van der Waals surface area contributed by atoms with Crippen LogP contribution in [0.5, 0.6) is 0 Å². The molecule has 90 valence electrons. The first-order chi connectivity index (χ1) is 8.66. The van der Waals surface area contributed by atoms with E-state index in [-0.39, 0.29) is 5.78 Å². The molecular weight excluding hydrogens is 244 g/mol. The molecule has 0 saturated carbocycles. The lowest BCUT2D eigenvalue weighted by Gasteiger charge is -2.01. The van der Waals surface area contributed by atoms with Crippen LogP contribution in [-0.4, -0.2) is 15.2 Å². The number of aromatic nitrogens is 2. The number of hydrogen-bond donors (Lipinski definition) is 0. The molecule has 0 bridgehead atoms. The van der Waals surface area contributed by atoms with E-state index in [9.17, 15) is 4.79 Å². The van der Waals surface area contributed by atoms with Gasteiger partial charge in [0, 0.05) is 17.1 Å². The van der Waals surface area contributed by atoms with Crippen LogP contribution in [-0.2, 0) is 0 Å². The van der Waals surface area contributed by atoms with Crippen LogP contribution in [0.25, 0.3) is 4.96 Å². The Morgan fingerprint density at radius 3 is 2.67 bits per heavy atom. The zero-order valence-corrected chi connectivity index (χ0v) is 11.0. The Labute approximate surface area is 109 Å². The number of fused-ring (bicyclic) bond motifs is 1. The third kappa shape index (κ3) is 1.66. The molecule has 2 aromatic heterocycles. The van der Waals surface area contributed by atoms with Gasteiger partial charge in [0.2, 0.25) is 5.78 Å². The first-order valence-electron chi connectivity index (χ1n) is 5.70. The van der Waals surface area contributed by atoms with Crippen LogP contribution in [0.2, 0.25) is 0 Å². The summed E-state index contributed by atoms with van der Waals surface area (Å²) in [6, 6.07) is 7.63. The van der Waals surface area contributed by atoms with E-state index < -0.39 is 0 Å². The van der Waals surface area contributed by atoms with Crippen molar-refractivity contribution in [3.8, 4) is 0 Å². The highest BCUT2D eigenvalue weighted by Crippen LogP contribution is 2.20. The molecule has 4 heteroatoms. The van der Waals surface area contributed by atoms with E-state index in [0.29, 0.717) is 11.3 Å². The van der Waals surface area contributed by atoms with Gasteiger partial charge in [-0.25, -0.2) is 4.98 Å². The Morgan fingerprint density at radius 1 is 1.22 bits per heavy atom. The molecule has 0 N–H and O–H groups in total. The van der Waals surface area contributed by atoms with Crippen molar-refractivity contribution in [2.24, 2.45) is 0 Å². The maximum absolute atomic E-state index is 12.5. The fourth-order valence-corrected chi connectivity index (χ4v) is 2.77. The van der Waals surface area contributed by atoms with E-state index in [0.717, 1.165) is 16.2 Å². The smallest absolute Gasteiger partial charge is 0.211 e. The SMILES string of the molecule is Cc1ccc(C(=O)c2c(C)nc3sccn23)cc1. The Bertz CT molecular complexity index is 722. The number of carbonyl (C=O) groups excluding carboxylic acids is 1. The number of rotatable bonds is 2. The van der Waals surface area contributed by atoms with Crippen LogP contribution in [0, 0.1) is 13.8 Å². The Balaban J connectivity index is 2.14. The quantitative estimate of drug-likeness (QED) is 0.660. The lowest BCUT2D eigenvalue weighted by atomic mass is 10.1. The third-order valence-electron chi connectivity index (χ3n) is 2.97. The molecule has 3 nitrogen and oxygen atoms in total. The van der Waals surface area contributed by atoms with Crippen molar-refractivity contribution in [2.45, 2.75) is 13.8 Å². The second-order valence-electron chi connectivity index (χ2n) is 4.30. The number of imidazole rings is 1. The van der Waals surface area contributed by atoms with Crippen molar-refractivity contribution < 1.29 is 4.79 Å². The van der Waals surface area contributed by atoms with Gasteiger partial charge < -0.3 is 0 Å². The largest absolute Gasteiger partial charge is 0.287 e. The van der Waals surface area contributed by atoms with Crippen molar-refractivity contribution in [1.82, 2.24) is 9.38 Å². The molecule has 0 saturated heterocycles. The number of nitrogens with zero attached hydrogens (tertiary/aromatic N) is 2. The van der Waals surface area contributed by atoms with Crippen molar-refractivity contribution in [2.75, 3.05) is 0 Å². The predicted molar refractivity (Wildman–Crippen MR) is 72.4 cm³/mol. The van der Waals surface area contributed by atoms with Gasteiger partial charge in [-0.2, -0.15) is 0 Å². The molecule has 0 fully saturated rings. The fourth-order valence-electron chi connectivity index (χ4n) is 2.01. The number of ketones is 1. The summed E-state index contributed by atoms with van der Waals surface area (Å²) in [4.78, 5) is 17.8. The van der Waals surface area contributed by atoms with Gasteiger partial charge in [0.05, 0.1) is 5.69 Å². The van der Waals surface area contributed by atoms with Gasteiger partial charge in [0.15, 0.2) is 4.96 Å². The van der Waals surface area contributed by atoms with Gasteiger partial charge in [-0.15, -0.1) is 11.3 Å². The van der Waals surface area contributed by atoms with Crippen LogP contribution < -0.4 is 0 Å². The zero-order valence-electron chi connectivity index (χ0n) is 10.2. The number of carbonyl (C=O) groups is 1.